The first-order chi connectivity index (χ1) is 7.61. The number of rotatable bonds is 3. The number of fused-ring (bicyclic) bond motifs is 1. The average molecular weight is 220 g/mol. The zero-order chi connectivity index (χ0) is 11.7. The maximum absolute atomic E-state index is 11.8. The lowest BCUT2D eigenvalue weighted by atomic mass is 10.0. The Morgan fingerprint density at radius 2 is 2.31 bits per heavy atom. The van der Waals surface area contributed by atoms with Crippen molar-refractivity contribution in [1.82, 2.24) is 0 Å². The van der Waals surface area contributed by atoms with E-state index in [1.807, 2.05) is 0 Å². The summed E-state index contributed by atoms with van der Waals surface area (Å²) in [6.45, 7) is 0. The third-order valence-electron chi connectivity index (χ3n) is 2.84. The number of Topliss-reactive ketones (excluding diaryl/α,β-unsaturated/α-hetero) is 1. The summed E-state index contributed by atoms with van der Waals surface area (Å²) in [5.74, 6) is -0.722. The van der Waals surface area contributed by atoms with Gasteiger partial charge < -0.3 is 9.84 Å². The van der Waals surface area contributed by atoms with E-state index in [0.717, 1.165) is 5.56 Å². The minimum Gasteiger partial charge on any atom is -0.497 e. The number of aliphatic carboxylic acids is 1. The van der Waals surface area contributed by atoms with Crippen molar-refractivity contribution in [2.45, 2.75) is 12.8 Å². The summed E-state index contributed by atoms with van der Waals surface area (Å²) in [6.07, 6.45) is 0.396. The Hall–Kier alpha value is -1.84. The van der Waals surface area contributed by atoms with Crippen molar-refractivity contribution in [2.24, 2.45) is 5.92 Å². The second kappa shape index (κ2) is 3.96. The van der Waals surface area contributed by atoms with Gasteiger partial charge in [0.25, 0.3) is 0 Å². The lowest BCUT2D eigenvalue weighted by Crippen LogP contribution is -2.13. The molecular formula is C12H12O4. The number of carbonyl (C=O) groups excluding carboxylic acids is 1. The molecule has 0 heterocycles. The molecule has 1 aliphatic carbocycles. The Labute approximate surface area is 92.8 Å². The number of benzene rings is 1. The molecule has 84 valence electrons. The van der Waals surface area contributed by atoms with Gasteiger partial charge in [0, 0.05) is 11.5 Å². The van der Waals surface area contributed by atoms with E-state index in [0.29, 0.717) is 17.7 Å². The number of hydrogen-bond donors (Lipinski definition) is 1. The summed E-state index contributed by atoms with van der Waals surface area (Å²) in [5.41, 5.74) is 1.52. The summed E-state index contributed by atoms with van der Waals surface area (Å²) >= 11 is 0. The molecule has 0 bridgehead atoms. The zero-order valence-electron chi connectivity index (χ0n) is 8.90. The number of carbonyl (C=O) groups is 2. The van der Waals surface area contributed by atoms with Crippen molar-refractivity contribution in [1.29, 1.82) is 0 Å². The van der Waals surface area contributed by atoms with Crippen molar-refractivity contribution in [2.75, 3.05) is 7.11 Å². The predicted octanol–water partition coefficient (Wildman–Crippen LogP) is 1.52. The van der Waals surface area contributed by atoms with Gasteiger partial charge in [0.2, 0.25) is 0 Å². The standard InChI is InChI=1S/C12H12O4/c1-16-9-2-3-10-7(5-9)4-8(12(10)15)6-11(13)14/h2-3,5,8H,4,6H2,1H3,(H,13,14). The fraction of sp³-hybridized carbons (Fsp3) is 0.333. The van der Waals surface area contributed by atoms with Gasteiger partial charge in [-0.15, -0.1) is 0 Å². The minimum atomic E-state index is -0.932. The van der Waals surface area contributed by atoms with Crippen molar-refractivity contribution in [3.8, 4) is 5.75 Å². The van der Waals surface area contributed by atoms with Gasteiger partial charge in [0.15, 0.2) is 5.78 Å². The maximum atomic E-state index is 11.8. The lowest BCUT2D eigenvalue weighted by molar-refractivity contribution is -0.137. The van der Waals surface area contributed by atoms with Gasteiger partial charge >= 0.3 is 5.97 Å². The molecule has 4 nitrogen and oxygen atoms in total. The Morgan fingerprint density at radius 1 is 1.56 bits per heavy atom. The van der Waals surface area contributed by atoms with Crippen LogP contribution >= 0.6 is 0 Å². The molecule has 0 saturated heterocycles. The molecule has 0 radical (unpaired) electrons. The van der Waals surface area contributed by atoms with E-state index in [9.17, 15) is 9.59 Å². The van der Waals surface area contributed by atoms with Crippen LogP contribution in [0.25, 0.3) is 0 Å². The number of hydrogen-bond acceptors (Lipinski definition) is 3. The highest BCUT2D eigenvalue weighted by atomic mass is 16.5. The van der Waals surface area contributed by atoms with Crippen molar-refractivity contribution in [3.05, 3.63) is 29.3 Å². The molecule has 1 atom stereocenters. The van der Waals surface area contributed by atoms with Crippen LogP contribution in [0.1, 0.15) is 22.3 Å². The molecular weight excluding hydrogens is 208 g/mol. The quantitative estimate of drug-likeness (QED) is 0.838. The molecule has 0 aromatic heterocycles. The van der Waals surface area contributed by atoms with E-state index in [1.54, 1.807) is 25.3 Å². The van der Waals surface area contributed by atoms with Crippen LogP contribution in [0.15, 0.2) is 18.2 Å². The third-order valence-corrected chi connectivity index (χ3v) is 2.84. The van der Waals surface area contributed by atoms with Gasteiger partial charge in [-0.1, -0.05) is 0 Å². The van der Waals surface area contributed by atoms with Gasteiger partial charge in [0.05, 0.1) is 13.5 Å². The van der Waals surface area contributed by atoms with E-state index < -0.39 is 11.9 Å². The molecule has 1 aliphatic rings. The summed E-state index contributed by atoms with van der Waals surface area (Å²) < 4.78 is 5.06. The van der Waals surface area contributed by atoms with Crippen LogP contribution in [-0.4, -0.2) is 24.0 Å². The van der Waals surface area contributed by atoms with Crippen LogP contribution in [-0.2, 0) is 11.2 Å². The smallest absolute Gasteiger partial charge is 0.304 e. The van der Waals surface area contributed by atoms with E-state index in [4.69, 9.17) is 9.84 Å². The SMILES string of the molecule is COc1ccc2c(c1)CC(CC(=O)O)C2=O. The highest BCUT2D eigenvalue weighted by Crippen LogP contribution is 2.31. The average Bonchev–Trinajstić information content (AvgIpc) is 2.54. The fourth-order valence-corrected chi connectivity index (χ4v) is 2.06. The van der Waals surface area contributed by atoms with Gasteiger partial charge in [-0.3, -0.25) is 9.59 Å². The number of ketones is 1. The Kier molecular flexibility index (Phi) is 2.64. The molecule has 0 saturated carbocycles. The highest BCUT2D eigenvalue weighted by Gasteiger charge is 2.32. The molecule has 0 aliphatic heterocycles. The molecule has 1 aromatic carbocycles. The van der Waals surface area contributed by atoms with Crippen LogP contribution < -0.4 is 4.74 Å². The van der Waals surface area contributed by atoms with Gasteiger partial charge in [-0.2, -0.15) is 0 Å². The molecule has 1 N–H and O–H groups in total. The van der Waals surface area contributed by atoms with Crippen LogP contribution in [0.5, 0.6) is 5.75 Å². The minimum absolute atomic E-state index is 0.0694. The molecule has 0 amide bonds. The maximum Gasteiger partial charge on any atom is 0.304 e. The lowest BCUT2D eigenvalue weighted by Gasteiger charge is -2.01. The molecule has 2 rings (SSSR count). The van der Waals surface area contributed by atoms with E-state index in [-0.39, 0.29) is 12.2 Å². The number of carboxylic acid groups (broad SMARTS) is 1. The van der Waals surface area contributed by atoms with E-state index >= 15 is 0 Å². The molecule has 1 aromatic rings. The normalized spacial score (nSPS) is 18.3. The van der Waals surface area contributed by atoms with Gasteiger partial charge in [0.1, 0.15) is 5.75 Å². The number of carboxylic acids is 1. The Morgan fingerprint density at radius 3 is 2.94 bits per heavy atom. The topological polar surface area (TPSA) is 63.6 Å². The largest absolute Gasteiger partial charge is 0.497 e. The van der Waals surface area contributed by atoms with Gasteiger partial charge in [-0.25, -0.2) is 0 Å². The monoisotopic (exact) mass is 220 g/mol. The fourth-order valence-electron chi connectivity index (χ4n) is 2.06. The Balaban J connectivity index is 2.27. The molecule has 4 heteroatoms. The van der Waals surface area contributed by atoms with Crippen LogP contribution in [0.3, 0.4) is 0 Å². The van der Waals surface area contributed by atoms with Crippen LogP contribution in [0.2, 0.25) is 0 Å². The second-order valence-corrected chi connectivity index (χ2v) is 3.89. The number of methoxy groups -OCH3 is 1. The predicted molar refractivity (Wildman–Crippen MR) is 56.8 cm³/mol. The summed E-state index contributed by atoms with van der Waals surface area (Å²) in [4.78, 5) is 22.4. The molecule has 1 unspecified atom stereocenters. The molecule has 0 spiro atoms. The van der Waals surface area contributed by atoms with Crippen molar-refractivity contribution < 1.29 is 19.4 Å². The van der Waals surface area contributed by atoms with Gasteiger partial charge in [-0.05, 0) is 30.2 Å². The highest BCUT2D eigenvalue weighted by molar-refractivity contribution is 6.03. The van der Waals surface area contributed by atoms with Crippen molar-refractivity contribution in [3.63, 3.8) is 0 Å². The zero-order valence-corrected chi connectivity index (χ0v) is 8.90. The summed E-state index contributed by atoms with van der Waals surface area (Å²) in [6, 6.07) is 5.23. The van der Waals surface area contributed by atoms with Crippen LogP contribution in [0, 0.1) is 5.92 Å². The summed E-state index contributed by atoms with van der Waals surface area (Å²) in [5, 5.41) is 8.69. The van der Waals surface area contributed by atoms with E-state index in [2.05, 4.69) is 0 Å². The second-order valence-electron chi connectivity index (χ2n) is 3.89. The molecule has 0 fully saturated rings. The van der Waals surface area contributed by atoms with E-state index in [1.165, 1.54) is 0 Å². The van der Waals surface area contributed by atoms with Crippen molar-refractivity contribution >= 4 is 11.8 Å². The first-order valence-corrected chi connectivity index (χ1v) is 5.04. The third kappa shape index (κ3) is 1.78. The van der Waals surface area contributed by atoms with Crippen LogP contribution in [0.4, 0.5) is 0 Å². The Bertz CT molecular complexity index is 450. The first kappa shape index (κ1) is 10.7. The summed E-state index contributed by atoms with van der Waals surface area (Å²) in [7, 11) is 1.56. The number of ether oxygens (including phenoxy) is 1. The molecule has 16 heavy (non-hydrogen) atoms. The first-order valence-electron chi connectivity index (χ1n) is 5.04.